The Bertz CT molecular complexity index is 2260. The molecule has 256 valence electrons. The Hall–Kier alpha value is -4.52. The number of thiophene rings is 1. The first kappa shape index (κ1) is 32.7. The number of allylic oxidation sites excluding steroid dienone is 2. The first-order valence-electron chi connectivity index (χ1n) is 16.0. The molecule has 4 heterocycles. The Morgan fingerprint density at radius 2 is 1.74 bits per heavy atom. The maximum Gasteiger partial charge on any atom is 0.423 e. The van der Waals surface area contributed by atoms with Crippen LogP contribution in [0, 0.1) is 36.0 Å². The number of phenolic OH excluding ortho intramolecular Hbond substituents is 1. The number of amides is 5. The highest BCUT2D eigenvalue weighted by Gasteiger charge is 2.68. The van der Waals surface area contributed by atoms with Gasteiger partial charge in [-0.3, -0.25) is 23.9 Å². The molecule has 8 rings (SSSR count). The Labute approximate surface area is 300 Å². The van der Waals surface area contributed by atoms with E-state index in [0.717, 1.165) is 32.5 Å². The predicted octanol–water partition coefficient (Wildman–Crippen LogP) is 6.62. The number of rotatable bonds is 3. The molecule has 2 aromatic carbocycles. The Morgan fingerprint density at radius 3 is 2.48 bits per heavy atom. The van der Waals surface area contributed by atoms with Crippen LogP contribution in [0.1, 0.15) is 36.8 Å². The zero-order valence-electron chi connectivity index (χ0n) is 27.3. The van der Waals surface area contributed by atoms with Crippen LogP contribution in [0.15, 0.2) is 54.1 Å². The highest BCUT2D eigenvalue weighted by Crippen LogP contribution is 2.64. The summed E-state index contributed by atoms with van der Waals surface area (Å²) in [6.07, 6.45) is 0.952. The fourth-order valence-electron chi connectivity index (χ4n) is 8.82. The van der Waals surface area contributed by atoms with Gasteiger partial charge in [0.05, 0.1) is 35.2 Å². The van der Waals surface area contributed by atoms with Crippen LogP contribution in [0.5, 0.6) is 5.75 Å². The molecule has 11 nitrogen and oxygen atoms in total. The number of benzene rings is 2. The molecule has 1 N–H and O–H groups in total. The number of likely N-dealkylation sites (tertiary alicyclic amines) is 1. The van der Waals surface area contributed by atoms with Crippen molar-refractivity contribution in [2.45, 2.75) is 32.6 Å². The summed E-state index contributed by atoms with van der Waals surface area (Å²) in [5.41, 5.74) is 1.10. The maximum absolute atomic E-state index is 14.9. The number of nitrogens with zero attached hydrogens (tertiary/aromatic N) is 4. The average Bonchev–Trinajstić information content (AvgIpc) is 3.75. The van der Waals surface area contributed by atoms with Gasteiger partial charge in [0.15, 0.2) is 0 Å². The minimum absolute atomic E-state index is 0.0668. The van der Waals surface area contributed by atoms with E-state index in [9.17, 15) is 29.1 Å². The van der Waals surface area contributed by atoms with Crippen molar-refractivity contribution in [3.05, 3.63) is 75.3 Å². The first-order chi connectivity index (χ1) is 23.8. The molecule has 1 saturated carbocycles. The fraction of sp³-hybridized carbons (Fsp3) is 0.333. The molecule has 4 aromatic rings. The molecule has 0 radical (unpaired) electrons. The van der Waals surface area contributed by atoms with Crippen molar-refractivity contribution in [2.24, 2.45) is 36.1 Å². The Morgan fingerprint density at radius 1 is 1.02 bits per heavy atom. The molecular formula is C36H30Cl2N4O7S. The summed E-state index contributed by atoms with van der Waals surface area (Å²) < 4.78 is 7.28. The van der Waals surface area contributed by atoms with Gasteiger partial charge in [0.25, 0.3) is 0 Å². The van der Waals surface area contributed by atoms with Gasteiger partial charge in [0, 0.05) is 39.3 Å². The van der Waals surface area contributed by atoms with Crippen molar-refractivity contribution in [3.63, 3.8) is 0 Å². The molecule has 0 spiro atoms. The van der Waals surface area contributed by atoms with Crippen LogP contribution >= 0.6 is 34.5 Å². The number of anilines is 1. The van der Waals surface area contributed by atoms with Crippen molar-refractivity contribution in [1.29, 1.82) is 0 Å². The van der Waals surface area contributed by atoms with Crippen LogP contribution in [0.25, 0.3) is 20.7 Å². The van der Waals surface area contributed by atoms with Gasteiger partial charge in [-0.05, 0) is 80.0 Å². The third-order valence-electron chi connectivity index (χ3n) is 11.1. The van der Waals surface area contributed by atoms with Crippen molar-refractivity contribution < 1.29 is 33.8 Å². The van der Waals surface area contributed by atoms with Crippen LogP contribution in [0.3, 0.4) is 0 Å². The topological polar surface area (TPSA) is 139 Å². The highest BCUT2D eigenvalue weighted by atomic mass is 35.5. The number of carbonyl (C=O) groups excluding carboxylic acids is 5. The summed E-state index contributed by atoms with van der Waals surface area (Å²) in [4.78, 5) is 71.8. The van der Waals surface area contributed by atoms with Crippen LogP contribution in [0.4, 0.5) is 10.6 Å². The summed E-state index contributed by atoms with van der Waals surface area (Å²) >= 11 is 14.3. The average molecular weight is 734 g/mol. The summed E-state index contributed by atoms with van der Waals surface area (Å²) in [5.74, 6) is -6.52. The van der Waals surface area contributed by atoms with Crippen LogP contribution in [0.2, 0.25) is 10.0 Å². The second-order valence-corrected chi connectivity index (χ2v) is 15.5. The van der Waals surface area contributed by atoms with Gasteiger partial charge in [0.2, 0.25) is 23.6 Å². The van der Waals surface area contributed by atoms with Gasteiger partial charge in [-0.1, -0.05) is 34.9 Å². The van der Waals surface area contributed by atoms with E-state index >= 15 is 0 Å². The van der Waals surface area contributed by atoms with Gasteiger partial charge in [0.1, 0.15) is 17.3 Å². The zero-order valence-corrected chi connectivity index (χ0v) is 29.6. The van der Waals surface area contributed by atoms with E-state index in [0.29, 0.717) is 31.8 Å². The third kappa shape index (κ3) is 4.34. The number of aryl methyl sites for hydroxylation is 2. The van der Waals surface area contributed by atoms with Crippen molar-refractivity contribution >= 4 is 80.2 Å². The van der Waals surface area contributed by atoms with E-state index in [1.54, 1.807) is 26.1 Å². The second kappa shape index (κ2) is 11.2. The lowest BCUT2D eigenvalue weighted by atomic mass is 9.51. The molecule has 50 heavy (non-hydrogen) atoms. The molecule has 2 aliphatic carbocycles. The maximum atomic E-state index is 14.9. The zero-order chi connectivity index (χ0) is 35.5. The largest absolute Gasteiger partial charge is 0.508 e. The van der Waals surface area contributed by atoms with E-state index in [4.69, 9.17) is 33.0 Å². The summed E-state index contributed by atoms with van der Waals surface area (Å²) in [5, 5.41) is 17.9. The lowest BCUT2D eigenvalue weighted by Gasteiger charge is -2.49. The Kier molecular flexibility index (Phi) is 7.35. The number of phenols is 1. The fourth-order valence-corrected chi connectivity index (χ4v) is 10.3. The summed E-state index contributed by atoms with van der Waals surface area (Å²) in [6, 6.07) is 11.9. The number of fused-ring (bicyclic) bond motifs is 5. The summed E-state index contributed by atoms with van der Waals surface area (Å²) in [7, 11) is 2.76. The second-order valence-electron chi connectivity index (χ2n) is 13.6. The van der Waals surface area contributed by atoms with Crippen LogP contribution < -0.4 is 4.90 Å². The standard InChI is InChI=1S/C36H30Cl2N4O7S/c1-15-20-11-17(38)6-10-26(20)50-30(15)24-14-27(40(3)39-24)41-32(45)23-13-21-18(7-8-19-28(21)33(46)42(31(19)44)35(48)49-4)29(36(23,2)34(41)47)22-12-16(37)5-9-25(22)43/h5-7,9-12,14,19,21,23,28-29,43H,8,13H2,1-4H3/t19-,21+,23-,28-,29+,36+/m0/s1. The van der Waals surface area contributed by atoms with Crippen molar-refractivity contribution in [1.82, 2.24) is 14.7 Å². The number of halogens is 2. The quantitative estimate of drug-likeness (QED) is 0.183. The number of carbonyl (C=O) groups is 5. The van der Waals surface area contributed by atoms with E-state index in [-0.39, 0.29) is 24.4 Å². The van der Waals surface area contributed by atoms with Crippen molar-refractivity contribution in [2.75, 3.05) is 12.0 Å². The first-order valence-corrected chi connectivity index (χ1v) is 17.6. The molecule has 2 saturated heterocycles. The SMILES string of the molecule is COC(=O)N1C(=O)[C@H]2[C@H](CC=C3[C@H]2C[C@H]2C(=O)N(c4cc(-c5sc6ccc(Cl)cc6c5C)nn4C)C(=O)[C@@]2(C)[C@H]3c2cc(Cl)ccc2O)C1=O. The van der Waals surface area contributed by atoms with Crippen LogP contribution in [-0.4, -0.2) is 56.6 Å². The molecule has 14 heteroatoms. The van der Waals surface area contributed by atoms with Gasteiger partial charge in [-0.15, -0.1) is 11.3 Å². The van der Waals surface area contributed by atoms with E-state index in [1.807, 2.05) is 31.2 Å². The Balaban J connectivity index is 1.26. The van der Waals surface area contributed by atoms with Gasteiger partial charge in [-0.2, -0.15) is 10.00 Å². The van der Waals surface area contributed by atoms with Gasteiger partial charge >= 0.3 is 6.09 Å². The molecule has 3 fully saturated rings. The van der Waals surface area contributed by atoms with E-state index in [1.165, 1.54) is 28.2 Å². The third-order valence-corrected chi connectivity index (χ3v) is 12.9. The molecule has 2 aromatic heterocycles. The van der Waals surface area contributed by atoms with E-state index in [2.05, 4.69) is 0 Å². The number of aromatic hydroxyl groups is 1. The minimum Gasteiger partial charge on any atom is -0.508 e. The normalized spacial score (nSPS) is 27.5. The lowest BCUT2D eigenvalue weighted by molar-refractivity contribution is -0.138. The smallest absolute Gasteiger partial charge is 0.423 e. The minimum atomic E-state index is -1.42. The lowest BCUT2D eigenvalue weighted by Crippen LogP contribution is -2.49. The summed E-state index contributed by atoms with van der Waals surface area (Å²) in [6.45, 7) is 3.69. The highest BCUT2D eigenvalue weighted by molar-refractivity contribution is 7.22. The monoisotopic (exact) mass is 732 g/mol. The molecule has 6 atom stereocenters. The number of hydrogen-bond acceptors (Lipinski definition) is 9. The van der Waals surface area contributed by atoms with Crippen LogP contribution in [-0.2, 0) is 31.0 Å². The molecule has 4 aliphatic rings. The van der Waals surface area contributed by atoms with Gasteiger partial charge in [-0.25, -0.2) is 9.69 Å². The number of ether oxygens (including phenoxy) is 1. The predicted molar refractivity (Wildman–Crippen MR) is 186 cm³/mol. The van der Waals surface area contributed by atoms with E-state index < -0.39 is 64.7 Å². The number of imide groups is 4. The number of aromatic nitrogens is 2. The molecule has 0 bridgehead atoms. The molecule has 0 unspecified atom stereocenters. The van der Waals surface area contributed by atoms with Crippen molar-refractivity contribution in [3.8, 4) is 16.3 Å². The number of hydrogen-bond donors (Lipinski definition) is 1. The number of methoxy groups -OCH3 is 1. The molecule has 2 aliphatic heterocycles. The van der Waals surface area contributed by atoms with Gasteiger partial charge < -0.3 is 9.84 Å². The molecular weight excluding hydrogens is 703 g/mol. The molecule has 5 amide bonds.